The smallest absolute Gasteiger partial charge is 0.493 e. The highest BCUT2D eigenvalue weighted by Crippen LogP contribution is 2.27. The van der Waals surface area contributed by atoms with Gasteiger partial charge in [-0.2, -0.15) is 0 Å². The number of aromatic nitrogens is 1. The van der Waals surface area contributed by atoms with Crippen LogP contribution in [0.15, 0.2) is 52.9 Å². The predicted octanol–water partition coefficient (Wildman–Crippen LogP) is 5.49. The molecule has 1 heterocycles. The van der Waals surface area contributed by atoms with E-state index < -0.39 is 12.3 Å². The minimum atomic E-state index is -4.75. The van der Waals surface area contributed by atoms with Crippen molar-refractivity contribution in [1.82, 2.24) is 4.98 Å². The topological polar surface area (TPSA) is 81.8 Å². The van der Waals surface area contributed by atoms with Crippen molar-refractivity contribution in [3.05, 3.63) is 65.5 Å². The van der Waals surface area contributed by atoms with Crippen LogP contribution in [0.4, 0.5) is 13.2 Å². The number of carboxylic acid groups (broad SMARTS) is 1. The lowest BCUT2D eigenvalue weighted by atomic mass is 10.2. The Morgan fingerprint density at radius 2 is 1.91 bits per heavy atom. The number of hydrogen-bond donors (Lipinski definition) is 1. The van der Waals surface area contributed by atoms with Crippen LogP contribution in [0, 0.1) is 6.92 Å². The maximum atomic E-state index is 12.3. The molecule has 0 aliphatic heterocycles. The van der Waals surface area contributed by atoms with E-state index in [0.29, 0.717) is 47.4 Å². The first-order chi connectivity index (χ1) is 15.2. The Morgan fingerprint density at radius 3 is 2.59 bits per heavy atom. The molecule has 0 spiro atoms. The third kappa shape index (κ3) is 7.23. The van der Waals surface area contributed by atoms with Crippen molar-refractivity contribution >= 4 is 17.7 Å². The van der Waals surface area contributed by atoms with E-state index in [4.69, 9.17) is 14.3 Å². The van der Waals surface area contributed by atoms with Crippen molar-refractivity contribution < 1.29 is 37.0 Å². The minimum Gasteiger partial charge on any atom is -0.493 e. The third-order valence-corrected chi connectivity index (χ3v) is 5.22. The quantitative estimate of drug-likeness (QED) is 0.422. The first-order valence-corrected chi connectivity index (χ1v) is 10.7. The molecule has 10 heteroatoms. The molecule has 3 aromatic rings. The lowest BCUT2D eigenvalue weighted by Crippen LogP contribution is -2.16. The van der Waals surface area contributed by atoms with Gasteiger partial charge in [-0.1, -0.05) is 12.1 Å². The van der Waals surface area contributed by atoms with Crippen LogP contribution in [0.5, 0.6) is 11.5 Å². The Labute approximate surface area is 186 Å². The second-order valence-corrected chi connectivity index (χ2v) is 7.71. The van der Waals surface area contributed by atoms with Crippen LogP contribution in [0.2, 0.25) is 0 Å². The van der Waals surface area contributed by atoms with Crippen molar-refractivity contribution in [2.45, 2.75) is 25.5 Å². The molecular formula is C22H20F3NO5S. The number of carbonyl (C=O) groups is 1. The van der Waals surface area contributed by atoms with Crippen molar-refractivity contribution in [3.63, 3.8) is 0 Å². The number of carboxylic acids is 1. The van der Waals surface area contributed by atoms with Crippen molar-refractivity contribution in [1.29, 1.82) is 0 Å². The monoisotopic (exact) mass is 467 g/mol. The molecule has 0 bridgehead atoms. The van der Waals surface area contributed by atoms with Gasteiger partial charge in [0.1, 0.15) is 17.3 Å². The van der Waals surface area contributed by atoms with Gasteiger partial charge < -0.3 is 19.0 Å². The van der Waals surface area contributed by atoms with Gasteiger partial charge >= 0.3 is 12.3 Å². The second-order valence-electron chi connectivity index (χ2n) is 6.73. The molecule has 0 unspecified atom stereocenters. The number of hydrogen-bond acceptors (Lipinski definition) is 6. The maximum Gasteiger partial charge on any atom is 0.573 e. The highest BCUT2D eigenvalue weighted by Gasteiger charge is 2.31. The number of oxazole rings is 1. The normalized spacial score (nSPS) is 11.4. The summed E-state index contributed by atoms with van der Waals surface area (Å²) in [6, 6.07) is 12.7. The van der Waals surface area contributed by atoms with Gasteiger partial charge in [-0.15, -0.1) is 24.9 Å². The maximum absolute atomic E-state index is 12.3. The number of rotatable bonds is 10. The van der Waals surface area contributed by atoms with Crippen LogP contribution in [0.25, 0.3) is 11.5 Å². The molecule has 0 aliphatic rings. The van der Waals surface area contributed by atoms with Crippen molar-refractivity contribution in [3.8, 4) is 23.0 Å². The first kappa shape index (κ1) is 23.5. The molecule has 6 nitrogen and oxygen atoms in total. The van der Waals surface area contributed by atoms with Crippen molar-refractivity contribution in [2.75, 3.05) is 12.4 Å². The third-order valence-electron chi connectivity index (χ3n) is 4.23. The summed E-state index contributed by atoms with van der Waals surface area (Å²) in [7, 11) is 0. The molecule has 0 amide bonds. The molecule has 1 N–H and O–H groups in total. The average Bonchev–Trinajstić information content (AvgIpc) is 3.08. The molecule has 1 aromatic heterocycles. The van der Waals surface area contributed by atoms with Gasteiger partial charge in [0.2, 0.25) is 5.89 Å². The average molecular weight is 467 g/mol. The fourth-order valence-corrected chi connectivity index (χ4v) is 3.52. The molecule has 0 atom stereocenters. The van der Waals surface area contributed by atoms with E-state index in [2.05, 4.69) is 9.72 Å². The number of aliphatic carboxylic acids is 1. The molecule has 0 fully saturated rings. The SMILES string of the molecule is Cc1oc(-c2ccc(OC(F)(F)F)cc2)nc1CCOc1cccc(CSCC(=O)O)c1. The van der Waals surface area contributed by atoms with Crippen LogP contribution >= 0.6 is 11.8 Å². The summed E-state index contributed by atoms with van der Waals surface area (Å²) in [6.45, 7) is 2.10. The largest absolute Gasteiger partial charge is 0.573 e. The van der Waals surface area contributed by atoms with Crippen LogP contribution in [0.3, 0.4) is 0 Å². The number of ether oxygens (including phenoxy) is 2. The molecule has 0 aliphatic carbocycles. The van der Waals surface area contributed by atoms with Crippen LogP contribution in [-0.2, 0) is 17.0 Å². The molecule has 2 aromatic carbocycles. The fourth-order valence-electron chi connectivity index (χ4n) is 2.83. The highest BCUT2D eigenvalue weighted by molar-refractivity contribution is 7.99. The van der Waals surface area contributed by atoms with Gasteiger partial charge in [-0.25, -0.2) is 4.98 Å². The zero-order chi connectivity index (χ0) is 23.1. The Bertz CT molecular complexity index is 1050. The number of benzene rings is 2. The molecule has 3 rings (SSSR count). The van der Waals surface area contributed by atoms with E-state index in [-0.39, 0.29) is 11.5 Å². The summed E-state index contributed by atoms with van der Waals surface area (Å²) in [5.41, 5.74) is 2.18. The number of thioether (sulfide) groups is 1. The highest BCUT2D eigenvalue weighted by atomic mass is 32.2. The summed E-state index contributed by atoms with van der Waals surface area (Å²) in [5.74, 6) is 1.00. The summed E-state index contributed by atoms with van der Waals surface area (Å²) in [6.07, 6.45) is -4.27. The molecule has 32 heavy (non-hydrogen) atoms. The Hall–Kier alpha value is -3.14. The summed E-state index contributed by atoms with van der Waals surface area (Å²) in [4.78, 5) is 15.0. The van der Waals surface area contributed by atoms with Gasteiger partial charge in [0.15, 0.2) is 0 Å². The molecule has 0 saturated heterocycles. The van der Waals surface area contributed by atoms with Gasteiger partial charge in [0.25, 0.3) is 0 Å². The Morgan fingerprint density at radius 1 is 1.16 bits per heavy atom. The number of nitrogens with zero attached hydrogens (tertiary/aromatic N) is 1. The summed E-state index contributed by atoms with van der Waals surface area (Å²) >= 11 is 1.31. The Kier molecular flexibility index (Phi) is 7.68. The zero-order valence-electron chi connectivity index (χ0n) is 17.0. The van der Waals surface area contributed by atoms with E-state index in [1.54, 1.807) is 6.92 Å². The lowest BCUT2D eigenvalue weighted by molar-refractivity contribution is -0.274. The van der Waals surface area contributed by atoms with E-state index in [0.717, 1.165) is 5.56 Å². The molecular weight excluding hydrogens is 447 g/mol. The van der Waals surface area contributed by atoms with Gasteiger partial charge in [-0.05, 0) is 48.9 Å². The number of aryl methyl sites for hydroxylation is 1. The van der Waals surface area contributed by atoms with Crippen LogP contribution < -0.4 is 9.47 Å². The van der Waals surface area contributed by atoms with Crippen LogP contribution in [0.1, 0.15) is 17.0 Å². The van der Waals surface area contributed by atoms with E-state index in [1.165, 1.54) is 36.0 Å². The Balaban J connectivity index is 1.55. The predicted molar refractivity (Wildman–Crippen MR) is 113 cm³/mol. The van der Waals surface area contributed by atoms with E-state index in [1.807, 2.05) is 24.3 Å². The number of alkyl halides is 3. The van der Waals surface area contributed by atoms with E-state index in [9.17, 15) is 18.0 Å². The van der Waals surface area contributed by atoms with Crippen LogP contribution in [-0.4, -0.2) is 34.8 Å². The minimum absolute atomic E-state index is 0.0386. The van der Waals surface area contributed by atoms with Gasteiger partial charge in [0.05, 0.1) is 18.1 Å². The van der Waals surface area contributed by atoms with Gasteiger partial charge in [-0.3, -0.25) is 4.79 Å². The van der Waals surface area contributed by atoms with E-state index >= 15 is 0 Å². The van der Waals surface area contributed by atoms with Crippen molar-refractivity contribution in [2.24, 2.45) is 0 Å². The number of halogens is 3. The molecule has 170 valence electrons. The second kappa shape index (κ2) is 10.4. The fraction of sp³-hybridized carbons (Fsp3) is 0.273. The standard InChI is InChI=1S/C22H20F3NO5S/c1-14-19(9-10-29-18-4-2-3-15(11-18)12-32-13-20(27)28)26-21(30-14)16-5-7-17(8-6-16)31-22(23,24)25/h2-8,11H,9-10,12-13H2,1H3,(H,27,28). The molecule has 0 radical (unpaired) electrons. The first-order valence-electron chi connectivity index (χ1n) is 9.53. The summed E-state index contributed by atoms with van der Waals surface area (Å²) in [5, 5.41) is 8.71. The lowest BCUT2D eigenvalue weighted by Gasteiger charge is -2.08. The summed E-state index contributed by atoms with van der Waals surface area (Å²) < 4.78 is 52.1. The van der Waals surface area contributed by atoms with Gasteiger partial charge in [0, 0.05) is 17.7 Å². The zero-order valence-corrected chi connectivity index (χ0v) is 17.8. The molecule has 0 saturated carbocycles.